The number of nitrogens with two attached hydrogens (primary N) is 1. The van der Waals surface area contributed by atoms with Crippen LogP contribution in [-0.4, -0.2) is 37.0 Å². The van der Waals surface area contributed by atoms with Gasteiger partial charge in [-0.1, -0.05) is 0 Å². The number of nitrogen functional groups attached to an aromatic ring is 1. The molecule has 92 valence electrons. The predicted octanol–water partition coefficient (Wildman–Crippen LogP) is 1.47. The van der Waals surface area contributed by atoms with Gasteiger partial charge in [0.1, 0.15) is 0 Å². The second-order valence-corrected chi connectivity index (χ2v) is 4.99. The van der Waals surface area contributed by atoms with Gasteiger partial charge in [0.15, 0.2) is 0 Å². The van der Waals surface area contributed by atoms with E-state index in [0.717, 1.165) is 37.1 Å². The van der Waals surface area contributed by atoms with Crippen molar-refractivity contribution in [2.24, 2.45) is 0 Å². The van der Waals surface area contributed by atoms with Gasteiger partial charge in [0, 0.05) is 29.8 Å². The van der Waals surface area contributed by atoms with Gasteiger partial charge in [0.25, 0.3) is 5.91 Å². The molecule has 0 atom stereocenters. The molecule has 1 fully saturated rings. The Bertz CT molecular complexity index is 414. The normalized spacial score (nSPS) is 16.6. The van der Waals surface area contributed by atoms with Crippen LogP contribution in [0.1, 0.15) is 16.8 Å². The number of nitrogens with zero attached hydrogens (tertiary/aromatic N) is 1. The maximum absolute atomic E-state index is 12.3. The van der Waals surface area contributed by atoms with Crippen molar-refractivity contribution in [3.05, 3.63) is 28.2 Å². The van der Waals surface area contributed by atoms with Crippen molar-refractivity contribution in [1.29, 1.82) is 0 Å². The fourth-order valence-electron chi connectivity index (χ4n) is 1.93. The minimum atomic E-state index is 0.0490. The molecule has 1 heterocycles. The third kappa shape index (κ3) is 2.98. The van der Waals surface area contributed by atoms with Crippen LogP contribution in [0.5, 0.6) is 0 Å². The Kier molecular flexibility index (Phi) is 4.02. The topological polar surface area (TPSA) is 58.4 Å². The number of carbonyl (C=O) groups excluding carboxylic acids is 1. The number of nitrogens with one attached hydrogen (secondary N) is 1. The van der Waals surface area contributed by atoms with Gasteiger partial charge in [-0.15, -0.1) is 0 Å². The van der Waals surface area contributed by atoms with Gasteiger partial charge in [0.05, 0.1) is 5.56 Å². The molecule has 17 heavy (non-hydrogen) atoms. The maximum Gasteiger partial charge on any atom is 0.255 e. The first-order valence-electron chi connectivity index (χ1n) is 5.73. The SMILES string of the molecule is Nc1ccc(Br)c(C(=O)N2CCCNCC2)c1. The summed E-state index contributed by atoms with van der Waals surface area (Å²) in [6, 6.07) is 5.33. The molecule has 0 aromatic heterocycles. The fraction of sp³-hybridized carbons (Fsp3) is 0.417. The van der Waals surface area contributed by atoms with Crippen LogP contribution >= 0.6 is 15.9 Å². The van der Waals surface area contributed by atoms with E-state index >= 15 is 0 Å². The predicted molar refractivity (Wildman–Crippen MR) is 71.9 cm³/mol. The van der Waals surface area contributed by atoms with Crippen molar-refractivity contribution < 1.29 is 4.79 Å². The maximum atomic E-state index is 12.3. The summed E-state index contributed by atoms with van der Waals surface area (Å²) < 4.78 is 0.800. The lowest BCUT2D eigenvalue weighted by Crippen LogP contribution is -2.34. The van der Waals surface area contributed by atoms with Crippen LogP contribution in [-0.2, 0) is 0 Å². The molecule has 1 amide bonds. The average Bonchev–Trinajstić information content (AvgIpc) is 2.60. The summed E-state index contributed by atoms with van der Waals surface area (Å²) in [5.74, 6) is 0.0490. The van der Waals surface area contributed by atoms with E-state index < -0.39 is 0 Å². The van der Waals surface area contributed by atoms with Crippen molar-refractivity contribution in [2.45, 2.75) is 6.42 Å². The second-order valence-electron chi connectivity index (χ2n) is 4.14. The standard InChI is InChI=1S/C12H16BrN3O/c13-11-3-2-9(14)8-10(11)12(17)16-6-1-4-15-5-7-16/h2-3,8,15H,1,4-7,14H2. The molecule has 0 saturated carbocycles. The lowest BCUT2D eigenvalue weighted by Gasteiger charge is -2.20. The number of rotatable bonds is 1. The fourth-order valence-corrected chi connectivity index (χ4v) is 2.34. The van der Waals surface area contributed by atoms with Gasteiger partial charge in [-0.3, -0.25) is 4.79 Å². The molecular formula is C12H16BrN3O. The molecule has 4 nitrogen and oxygen atoms in total. The Balaban J connectivity index is 2.20. The highest BCUT2D eigenvalue weighted by Gasteiger charge is 2.19. The summed E-state index contributed by atoms with van der Waals surface area (Å²) in [4.78, 5) is 14.2. The van der Waals surface area contributed by atoms with E-state index in [2.05, 4.69) is 21.2 Å². The van der Waals surface area contributed by atoms with Gasteiger partial charge >= 0.3 is 0 Å². The molecule has 1 aromatic rings. The number of hydrogen-bond acceptors (Lipinski definition) is 3. The molecule has 1 saturated heterocycles. The van der Waals surface area contributed by atoms with E-state index in [1.807, 2.05) is 11.0 Å². The third-order valence-corrected chi connectivity index (χ3v) is 3.54. The summed E-state index contributed by atoms with van der Waals surface area (Å²) in [7, 11) is 0. The minimum Gasteiger partial charge on any atom is -0.399 e. The first-order valence-corrected chi connectivity index (χ1v) is 6.53. The van der Waals surface area contributed by atoms with E-state index in [4.69, 9.17) is 5.73 Å². The Morgan fingerprint density at radius 1 is 1.35 bits per heavy atom. The van der Waals surface area contributed by atoms with Gasteiger partial charge in [-0.25, -0.2) is 0 Å². The summed E-state index contributed by atoms with van der Waals surface area (Å²) in [6.07, 6.45) is 0.992. The Labute approximate surface area is 109 Å². The molecule has 0 spiro atoms. The molecule has 0 radical (unpaired) electrons. The Morgan fingerprint density at radius 2 is 2.18 bits per heavy atom. The van der Waals surface area contributed by atoms with Crippen LogP contribution in [0.15, 0.2) is 22.7 Å². The van der Waals surface area contributed by atoms with E-state index in [9.17, 15) is 4.79 Å². The molecule has 0 unspecified atom stereocenters. The molecule has 3 N–H and O–H groups in total. The van der Waals surface area contributed by atoms with E-state index in [1.165, 1.54) is 0 Å². The number of carbonyl (C=O) groups is 1. The smallest absolute Gasteiger partial charge is 0.255 e. The zero-order valence-corrected chi connectivity index (χ0v) is 11.2. The quantitative estimate of drug-likeness (QED) is 0.772. The lowest BCUT2D eigenvalue weighted by molar-refractivity contribution is 0.0765. The van der Waals surface area contributed by atoms with Crippen LogP contribution in [0.25, 0.3) is 0 Å². The zero-order valence-electron chi connectivity index (χ0n) is 9.58. The monoisotopic (exact) mass is 297 g/mol. The van der Waals surface area contributed by atoms with Crippen molar-refractivity contribution >= 4 is 27.5 Å². The molecule has 1 aromatic carbocycles. The number of hydrogen-bond donors (Lipinski definition) is 2. The van der Waals surface area contributed by atoms with Crippen LogP contribution in [0.4, 0.5) is 5.69 Å². The molecule has 1 aliphatic heterocycles. The Morgan fingerprint density at radius 3 is 3.00 bits per heavy atom. The molecule has 0 bridgehead atoms. The van der Waals surface area contributed by atoms with Crippen molar-refractivity contribution in [3.8, 4) is 0 Å². The highest BCUT2D eigenvalue weighted by atomic mass is 79.9. The lowest BCUT2D eigenvalue weighted by atomic mass is 10.1. The van der Waals surface area contributed by atoms with E-state index in [-0.39, 0.29) is 5.91 Å². The highest BCUT2D eigenvalue weighted by Crippen LogP contribution is 2.21. The van der Waals surface area contributed by atoms with E-state index in [1.54, 1.807) is 12.1 Å². The summed E-state index contributed by atoms with van der Waals surface area (Å²) in [5, 5.41) is 3.28. The molecular weight excluding hydrogens is 282 g/mol. The average molecular weight is 298 g/mol. The third-order valence-electron chi connectivity index (χ3n) is 2.85. The van der Waals surface area contributed by atoms with Crippen molar-refractivity contribution in [3.63, 3.8) is 0 Å². The van der Waals surface area contributed by atoms with Crippen LogP contribution in [0.3, 0.4) is 0 Å². The first kappa shape index (κ1) is 12.4. The number of amides is 1. The molecule has 5 heteroatoms. The molecule has 1 aliphatic rings. The number of anilines is 1. The Hall–Kier alpha value is -1.07. The molecule has 2 rings (SSSR count). The van der Waals surface area contributed by atoms with Gasteiger partial charge in [0.2, 0.25) is 0 Å². The van der Waals surface area contributed by atoms with Crippen LogP contribution in [0, 0.1) is 0 Å². The highest BCUT2D eigenvalue weighted by molar-refractivity contribution is 9.10. The summed E-state index contributed by atoms with van der Waals surface area (Å²) >= 11 is 3.40. The zero-order chi connectivity index (χ0) is 12.3. The number of halogens is 1. The number of benzene rings is 1. The van der Waals surface area contributed by atoms with Gasteiger partial charge in [-0.2, -0.15) is 0 Å². The summed E-state index contributed by atoms with van der Waals surface area (Å²) in [5.41, 5.74) is 6.98. The van der Waals surface area contributed by atoms with Crippen LogP contribution < -0.4 is 11.1 Å². The molecule has 0 aliphatic carbocycles. The minimum absolute atomic E-state index is 0.0490. The van der Waals surface area contributed by atoms with Gasteiger partial charge < -0.3 is 16.0 Å². The largest absolute Gasteiger partial charge is 0.399 e. The van der Waals surface area contributed by atoms with Crippen molar-refractivity contribution in [1.82, 2.24) is 10.2 Å². The second kappa shape index (κ2) is 5.51. The van der Waals surface area contributed by atoms with Gasteiger partial charge in [-0.05, 0) is 47.1 Å². The van der Waals surface area contributed by atoms with Crippen LogP contribution in [0.2, 0.25) is 0 Å². The van der Waals surface area contributed by atoms with Crippen molar-refractivity contribution in [2.75, 3.05) is 31.9 Å². The first-order chi connectivity index (χ1) is 8.18. The summed E-state index contributed by atoms with van der Waals surface area (Å²) in [6.45, 7) is 3.38. The van der Waals surface area contributed by atoms with E-state index in [0.29, 0.717) is 11.3 Å².